The van der Waals surface area contributed by atoms with E-state index in [9.17, 15) is 0 Å². The van der Waals surface area contributed by atoms with Gasteiger partial charge in [0.05, 0.1) is 12.7 Å². The van der Waals surface area contributed by atoms with Crippen molar-refractivity contribution in [2.75, 3.05) is 6.61 Å². The fraction of sp³-hybridized carbons (Fsp3) is 1.00. The zero-order chi connectivity index (χ0) is 8.27. The molecule has 1 fully saturated rings. The Kier molecular flexibility index (Phi) is 3.86. The summed E-state index contributed by atoms with van der Waals surface area (Å²) in [7, 11) is 0. The molecule has 1 saturated carbocycles. The molecule has 0 heterocycles. The monoisotopic (exact) mass is 220 g/mol. The van der Waals surface area contributed by atoms with Gasteiger partial charge in [0.2, 0.25) is 0 Å². The van der Waals surface area contributed by atoms with Gasteiger partial charge in [0.25, 0.3) is 0 Å². The van der Waals surface area contributed by atoms with Crippen molar-refractivity contribution in [3.63, 3.8) is 0 Å². The van der Waals surface area contributed by atoms with Crippen molar-refractivity contribution in [1.29, 1.82) is 0 Å². The van der Waals surface area contributed by atoms with Crippen LogP contribution in [0.15, 0.2) is 0 Å². The number of halogens is 1. The van der Waals surface area contributed by atoms with Gasteiger partial charge in [-0.3, -0.25) is 0 Å². The van der Waals surface area contributed by atoms with Gasteiger partial charge in [0.15, 0.2) is 0 Å². The summed E-state index contributed by atoms with van der Waals surface area (Å²) in [5, 5.41) is 0. The Labute approximate surface area is 77.6 Å². The molecule has 0 aliphatic heterocycles. The average molecular weight is 221 g/mol. The highest BCUT2D eigenvalue weighted by Crippen LogP contribution is 2.31. The zero-order valence-electron chi connectivity index (χ0n) is 7.35. The summed E-state index contributed by atoms with van der Waals surface area (Å²) in [6.45, 7) is 5.13. The fourth-order valence-electron chi connectivity index (χ4n) is 1.50. The van der Waals surface area contributed by atoms with Gasteiger partial charge in [0.1, 0.15) is 0 Å². The van der Waals surface area contributed by atoms with E-state index >= 15 is 0 Å². The van der Waals surface area contributed by atoms with Crippen molar-refractivity contribution in [2.24, 2.45) is 5.92 Å². The summed E-state index contributed by atoms with van der Waals surface area (Å²) < 4.78 is 5.57. The summed E-state index contributed by atoms with van der Waals surface area (Å²) in [6.07, 6.45) is 4.41. The second-order valence-corrected chi connectivity index (χ2v) is 4.77. The van der Waals surface area contributed by atoms with E-state index in [1.54, 1.807) is 0 Å². The molecule has 0 N–H and O–H groups in total. The van der Waals surface area contributed by atoms with E-state index in [1.165, 1.54) is 19.3 Å². The van der Waals surface area contributed by atoms with E-state index in [2.05, 4.69) is 29.8 Å². The molecule has 1 nitrogen and oxygen atoms in total. The third-order valence-corrected chi connectivity index (χ3v) is 3.42. The normalized spacial score (nSPS) is 31.6. The first-order valence-corrected chi connectivity index (χ1v) is 5.37. The Morgan fingerprint density at radius 2 is 2.18 bits per heavy atom. The van der Waals surface area contributed by atoms with Crippen LogP contribution in [0.4, 0.5) is 0 Å². The van der Waals surface area contributed by atoms with E-state index < -0.39 is 0 Å². The van der Waals surface area contributed by atoms with Crippen LogP contribution in [0.1, 0.15) is 33.1 Å². The summed E-state index contributed by atoms with van der Waals surface area (Å²) in [5.74, 6) is 0.761. The van der Waals surface area contributed by atoms with Crippen molar-refractivity contribution < 1.29 is 4.74 Å². The lowest BCUT2D eigenvalue weighted by Crippen LogP contribution is -2.17. The largest absolute Gasteiger partial charge is 0.378 e. The maximum atomic E-state index is 5.57. The molecule has 2 atom stereocenters. The Balaban J connectivity index is 2.15. The van der Waals surface area contributed by atoms with E-state index in [0.717, 1.165) is 12.5 Å². The number of alkyl halides is 1. The standard InChI is InChI=1S/C9H17BrO/c1-7(2)11-6-8-4-3-5-9(8)10/h7-9H,3-6H2,1-2H3. The van der Waals surface area contributed by atoms with Crippen molar-refractivity contribution in [1.82, 2.24) is 0 Å². The molecule has 66 valence electrons. The predicted octanol–water partition coefficient (Wildman–Crippen LogP) is 2.98. The molecule has 0 saturated heterocycles. The SMILES string of the molecule is CC(C)OCC1CCCC1Br. The lowest BCUT2D eigenvalue weighted by atomic mass is 10.1. The van der Waals surface area contributed by atoms with Crippen molar-refractivity contribution in [3.8, 4) is 0 Å². The molecule has 2 heteroatoms. The maximum Gasteiger partial charge on any atom is 0.0519 e. The molecule has 1 rings (SSSR count). The van der Waals surface area contributed by atoms with Crippen molar-refractivity contribution in [2.45, 2.75) is 44.0 Å². The summed E-state index contributed by atoms with van der Waals surface area (Å²) in [4.78, 5) is 0.709. The molecular weight excluding hydrogens is 204 g/mol. The van der Waals surface area contributed by atoms with Crippen LogP contribution in [0, 0.1) is 5.92 Å². The van der Waals surface area contributed by atoms with Crippen LogP contribution < -0.4 is 0 Å². The smallest absolute Gasteiger partial charge is 0.0519 e. The molecule has 0 aromatic heterocycles. The van der Waals surface area contributed by atoms with Crippen molar-refractivity contribution >= 4 is 15.9 Å². The molecule has 11 heavy (non-hydrogen) atoms. The van der Waals surface area contributed by atoms with Crippen molar-refractivity contribution in [3.05, 3.63) is 0 Å². The van der Waals surface area contributed by atoms with Gasteiger partial charge in [-0.1, -0.05) is 22.4 Å². The van der Waals surface area contributed by atoms with Gasteiger partial charge >= 0.3 is 0 Å². The van der Waals surface area contributed by atoms with Gasteiger partial charge < -0.3 is 4.74 Å². The number of hydrogen-bond donors (Lipinski definition) is 0. The fourth-order valence-corrected chi connectivity index (χ4v) is 2.24. The number of hydrogen-bond acceptors (Lipinski definition) is 1. The molecule has 0 aromatic rings. The van der Waals surface area contributed by atoms with E-state index in [4.69, 9.17) is 4.74 Å². The molecule has 1 aliphatic carbocycles. The second kappa shape index (κ2) is 4.46. The maximum absolute atomic E-state index is 5.57. The third-order valence-electron chi connectivity index (χ3n) is 2.21. The molecule has 0 amide bonds. The lowest BCUT2D eigenvalue weighted by Gasteiger charge is -2.15. The van der Waals surface area contributed by atoms with Crippen LogP contribution in [0.2, 0.25) is 0 Å². The summed E-state index contributed by atoms with van der Waals surface area (Å²) >= 11 is 3.67. The summed E-state index contributed by atoms with van der Waals surface area (Å²) in [5.41, 5.74) is 0. The Morgan fingerprint density at radius 1 is 1.45 bits per heavy atom. The molecular formula is C9H17BrO. The predicted molar refractivity (Wildman–Crippen MR) is 51.1 cm³/mol. The highest BCUT2D eigenvalue weighted by Gasteiger charge is 2.24. The van der Waals surface area contributed by atoms with Crippen LogP contribution in [0.25, 0.3) is 0 Å². The Bertz CT molecular complexity index is 114. The summed E-state index contributed by atoms with van der Waals surface area (Å²) in [6, 6.07) is 0. The highest BCUT2D eigenvalue weighted by atomic mass is 79.9. The Morgan fingerprint density at radius 3 is 2.64 bits per heavy atom. The number of ether oxygens (including phenoxy) is 1. The molecule has 1 aliphatic rings. The van der Waals surface area contributed by atoms with Gasteiger partial charge in [-0.05, 0) is 32.6 Å². The lowest BCUT2D eigenvalue weighted by molar-refractivity contribution is 0.0542. The van der Waals surface area contributed by atoms with Crippen LogP contribution in [-0.4, -0.2) is 17.5 Å². The first-order valence-electron chi connectivity index (χ1n) is 4.46. The van der Waals surface area contributed by atoms with Gasteiger partial charge in [0, 0.05) is 4.83 Å². The van der Waals surface area contributed by atoms with E-state index in [0.29, 0.717) is 10.9 Å². The quantitative estimate of drug-likeness (QED) is 0.665. The van der Waals surface area contributed by atoms with Crippen LogP contribution >= 0.6 is 15.9 Å². The molecule has 0 bridgehead atoms. The third kappa shape index (κ3) is 3.12. The molecule has 2 unspecified atom stereocenters. The molecule has 0 aromatic carbocycles. The Hall–Kier alpha value is 0.440. The van der Waals surface area contributed by atoms with Crippen LogP contribution in [0.3, 0.4) is 0 Å². The van der Waals surface area contributed by atoms with Crippen LogP contribution in [0.5, 0.6) is 0 Å². The molecule has 0 radical (unpaired) electrons. The average Bonchev–Trinajstić information content (AvgIpc) is 2.31. The minimum atomic E-state index is 0.385. The first kappa shape index (κ1) is 9.53. The van der Waals surface area contributed by atoms with Gasteiger partial charge in [-0.15, -0.1) is 0 Å². The van der Waals surface area contributed by atoms with Crippen LogP contribution in [-0.2, 0) is 4.74 Å². The molecule has 0 spiro atoms. The number of rotatable bonds is 3. The van der Waals surface area contributed by atoms with Gasteiger partial charge in [-0.2, -0.15) is 0 Å². The highest BCUT2D eigenvalue weighted by molar-refractivity contribution is 9.09. The minimum absolute atomic E-state index is 0.385. The zero-order valence-corrected chi connectivity index (χ0v) is 8.93. The first-order chi connectivity index (χ1) is 5.20. The van der Waals surface area contributed by atoms with Gasteiger partial charge in [-0.25, -0.2) is 0 Å². The second-order valence-electron chi connectivity index (χ2n) is 3.59. The topological polar surface area (TPSA) is 9.23 Å². The van der Waals surface area contributed by atoms with E-state index in [1.807, 2.05) is 0 Å². The van der Waals surface area contributed by atoms with E-state index in [-0.39, 0.29) is 0 Å². The minimum Gasteiger partial charge on any atom is -0.378 e.